The topological polar surface area (TPSA) is 65.8 Å². The van der Waals surface area contributed by atoms with Gasteiger partial charge in [-0.05, 0) is 36.2 Å². The molecule has 4 rings (SSSR count). The second-order valence-electron chi connectivity index (χ2n) is 7.61. The second kappa shape index (κ2) is 10.8. The number of hydrogen-bond donors (Lipinski definition) is 0. The van der Waals surface area contributed by atoms with Crippen molar-refractivity contribution in [3.63, 3.8) is 0 Å². The van der Waals surface area contributed by atoms with E-state index in [1.54, 1.807) is 26.0 Å². The van der Waals surface area contributed by atoms with Gasteiger partial charge in [0.1, 0.15) is 0 Å². The van der Waals surface area contributed by atoms with Crippen LogP contribution in [0.2, 0.25) is 0 Å². The molecule has 32 heavy (non-hydrogen) atoms. The monoisotopic (exact) mass is 455 g/mol. The smallest absolute Gasteiger partial charge is 0.262 e. The molecule has 0 radical (unpaired) electrons. The summed E-state index contributed by atoms with van der Waals surface area (Å²) in [6.07, 6.45) is 0.692. The average Bonchev–Trinajstić information content (AvgIpc) is 2.84. The van der Waals surface area contributed by atoms with Gasteiger partial charge in [0.2, 0.25) is 0 Å². The molecular formula is C24H29N3O4S. The number of benzene rings is 2. The largest absolute Gasteiger partial charge is 0.493 e. The summed E-state index contributed by atoms with van der Waals surface area (Å²) < 4.78 is 18.0. The fraction of sp³-hybridized carbons (Fsp3) is 0.417. The van der Waals surface area contributed by atoms with Crippen molar-refractivity contribution in [3.05, 3.63) is 58.4 Å². The van der Waals surface area contributed by atoms with Crippen molar-refractivity contribution in [2.75, 3.05) is 52.8 Å². The van der Waals surface area contributed by atoms with Gasteiger partial charge < -0.3 is 14.2 Å². The summed E-state index contributed by atoms with van der Waals surface area (Å²) in [6, 6.07) is 13.4. The summed E-state index contributed by atoms with van der Waals surface area (Å²) in [5.74, 6) is 2.26. The number of hydrogen-bond acceptors (Lipinski definition) is 7. The van der Waals surface area contributed by atoms with Gasteiger partial charge in [-0.1, -0.05) is 30.0 Å². The first-order chi connectivity index (χ1) is 15.7. The Hall–Kier alpha value is -2.55. The fourth-order valence-corrected chi connectivity index (χ4v) is 4.85. The standard InChI is InChI=1S/C24H29N3O4S/c1-29-21-8-7-18(17-22(21)30-2)9-10-27-23(28)19-5-3-4-6-20(19)25-24(27)32-16-13-26-11-14-31-15-12-26/h3-8,17H,9-16H2,1-2H3. The van der Waals surface area contributed by atoms with Crippen LogP contribution in [0.1, 0.15) is 5.56 Å². The van der Waals surface area contributed by atoms with E-state index in [1.165, 1.54) is 0 Å². The van der Waals surface area contributed by atoms with E-state index in [4.69, 9.17) is 19.2 Å². The van der Waals surface area contributed by atoms with Crippen LogP contribution in [-0.2, 0) is 17.7 Å². The normalized spacial score (nSPS) is 14.6. The third-order valence-electron chi connectivity index (χ3n) is 5.64. The molecule has 2 aromatic carbocycles. The number of ether oxygens (including phenoxy) is 3. The van der Waals surface area contributed by atoms with Crippen molar-refractivity contribution in [1.29, 1.82) is 0 Å². The van der Waals surface area contributed by atoms with E-state index in [0.29, 0.717) is 29.9 Å². The minimum absolute atomic E-state index is 0.00458. The van der Waals surface area contributed by atoms with Gasteiger partial charge in [0.05, 0.1) is 38.3 Å². The summed E-state index contributed by atoms with van der Waals surface area (Å²) in [5, 5.41) is 1.42. The van der Waals surface area contributed by atoms with Gasteiger partial charge in [0, 0.05) is 31.9 Å². The van der Waals surface area contributed by atoms with Gasteiger partial charge in [-0.3, -0.25) is 14.3 Å². The van der Waals surface area contributed by atoms with Gasteiger partial charge >= 0.3 is 0 Å². The third-order valence-corrected chi connectivity index (χ3v) is 6.60. The average molecular weight is 456 g/mol. The zero-order chi connectivity index (χ0) is 22.3. The molecule has 0 spiro atoms. The molecule has 0 N–H and O–H groups in total. The number of nitrogens with zero attached hydrogens (tertiary/aromatic N) is 3. The molecule has 0 amide bonds. The first-order valence-electron chi connectivity index (χ1n) is 10.8. The highest BCUT2D eigenvalue weighted by Crippen LogP contribution is 2.28. The van der Waals surface area contributed by atoms with E-state index in [0.717, 1.165) is 54.8 Å². The summed E-state index contributed by atoms with van der Waals surface area (Å²) >= 11 is 1.64. The van der Waals surface area contributed by atoms with Crippen LogP contribution in [-0.4, -0.2) is 67.3 Å². The van der Waals surface area contributed by atoms with Crippen LogP contribution in [0.5, 0.6) is 11.5 Å². The minimum atomic E-state index is 0.00458. The molecular weight excluding hydrogens is 426 g/mol. The maximum Gasteiger partial charge on any atom is 0.262 e. The molecule has 1 aliphatic heterocycles. The maximum absolute atomic E-state index is 13.3. The Morgan fingerprint density at radius 3 is 2.59 bits per heavy atom. The molecule has 1 aromatic heterocycles. The van der Waals surface area contributed by atoms with Crippen LogP contribution >= 0.6 is 11.8 Å². The molecule has 1 aliphatic rings. The number of fused-ring (bicyclic) bond motifs is 1. The molecule has 8 heteroatoms. The molecule has 0 bridgehead atoms. The van der Waals surface area contributed by atoms with E-state index >= 15 is 0 Å². The van der Waals surface area contributed by atoms with Crippen LogP contribution in [0.25, 0.3) is 10.9 Å². The Morgan fingerprint density at radius 2 is 1.81 bits per heavy atom. The fourth-order valence-electron chi connectivity index (χ4n) is 3.82. The lowest BCUT2D eigenvalue weighted by Gasteiger charge is -2.26. The second-order valence-corrected chi connectivity index (χ2v) is 8.67. The molecule has 3 aromatic rings. The Balaban J connectivity index is 1.55. The van der Waals surface area contributed by atoms with Crippen molar-refractivity contribution in [2.45, 2.75) is 18.1 Å². The first kappa shape index (κ1) is 22.6. The van der Waals surface area contributed by atoms with Crippen LogP contribution in [0.3, 0.4) is 0 Å². The van der Waals surface area contributed by atoms with Crippen LogP contribution in [0.15, 0.2) is 52.4 Å². The highest BCUT2D eigenvalue weighted by atomic mass is 32.2. The van der Waals surface area contributed by atoms with Crippen molar-refractivity contribution in [2.24, 2.45) is 0 Å². The Bertz CT molecular complexity index is 1110. The summed E-state index contributed by atoms with van der Waals surface area (Å²) in [4.78, 5) is 20.5. The Kier molecular flexibility index (Phi) is 7.68. The van der Waals surface area contributed by atoms with Gasteiger partial charge in [0.15, 0.2) is 16.7 Å². The highest BCUT2D eigenvalue weighted by Gasteiger charge is 2.14. The number of thioether (sulfide) groups is 1. The highest BCUT2D eigenvalue weighted by molar-refractivity contribution is 7.99. The van der Waals surface area contributed by atoms with Gasteiger partial charge in [-0.2, -0.15) is 0 Å². The van der Waals surface area contributed by atoms with Crippen LogP contribution in [0, 0.1) is 0 Å². The van der Waals surface area contributed by atoms with E-state index < -0.39 is 0 Å². The zero-order valence-corrected chi connectivity index (χ0v) is 19.4. The van der Waals surface area contributed by atoms with Gasteiger partial charge in [-0.15, -0.1) is 0 Å². The van der Waals surface area contributed by atoms with Crippen molar-refractivity contribution < 1.29 is 14.2 Å². The minimum Gasteiger partial charge on any atom is -0.493 e. The lowest BCUT2D eigenvalue weighted by atomic mass is 10.1. The van der Waals surface area contributed by atoms with Crippen LogP contribution in [0.4, 0.5) is 0 Å². The maximum atomic E-state index is 13.3. The van der Waals surface area contributed by atoms with Crippen molar-refractivity contribution in [3.8, 4) is 11.5 Å². The number of methoxy groups -OCH3 is 2. The predicted octanol–water partition coefficient (Wildman–Crippen LogP) is 3.08. The molecule has 0 atom stereocenters. The molecule has 0 saturated carbocycles. The molecule has 0 aliphatic carbocycles. The van der Waals surface area contributed by atoms with E-state index in [9.17, 15) is 4.79 Å². The first-order valence-corrected chi connectivity index (χ1v) is 11.8. The van der Waals surface area contributed by atoms with E-state index in [2.05, 4.69) is 4.90 Å². The van der Waals surface area contributed by atoms with Gasteiger partial charge in [-0.25, -0.2) is 4.98 Å². The summed E-state index contributed by atoms with van der Waals surface area (Å²) in [6.45, 7) is 4.98. The van der Waals surface area contributed by atoms with Gasteiger partial charge in [0.25, 0.3) is 5.56 Å². The summed E-state index contributed by atoms with van der Waals surface area (Å²) in [7, 11) is 3.25. The van der Waals surface area contributed by atoms with Crippen LogP contribution < -0.4 is 15.0 Å². The summed E-state index contributed by atoms with van der Waals surface area (Å²) in [5.41, 5.74) is 1.82. The SMILES string of the molecule is COc1ccc(CCn2c(SCCN3CCOCC3)nc3ccccc3c2=O)cc1OC. The number of morpholine rings is 1. The zero-order valence-electron chi connectivity index (χ0n) is 18.6. The number of aryl methyl sites for hydroxylation is 1. The Morgan fingerprint density at radius 1 is 1.03 bits per heavy atom. The number of aromatic nitrogens is 2. The molecule has 1 fully saturated rings. The van der Waals surface area contributed by atoms with E-state index in [1.807, 2.05) is 47.0 Å². The third kappa shape index (κ3) is 5.26. The number of para-hydroxylation sites is 1. The molecule has 7 nitrogen and oxygen atoms in total. The lowest BCUT2D eigenvalue weighted by molar-refractivity contribution is 0.0410. The van der Waals surface area contributed by atoms with E-state index in [-0.39, 0.29) is 5.56 Å². The molecule has 170 valence electrons. The molecule has 1 saturated heterocycles. The predicted molar refractivity (Wildman–Crippen MR) is 127 cm³/mol. The van der Waals surface area contributed by atoms with Crippen molar-refractivity contribution in [1.82, 2.24) is 14.5 Å². The lowest BCUT2D eigenvalue weighted by Crippen LogP contribution is -2.37. The quantitative estimate of drug-likeness (QED) is 0.363. The van der Waals surface area contributed by atoms with Crippen molar-refractivity contribution >= 4 is 22.7 Å². The Labute approximate surface area is 192 Å². The molecule has 2 heterocycles. The molecule has 0 unspecified atom stereocenters. The number of rotatable bonds is 9.